The van der Waals surface area contributed by atoms with Crippen LogP contribution in [0.1, 0.15) is 0 Å². The van der Waals surface area contributed by atoms with E-state index >= 15 is 0 Å². The molecule has 0 atom stereocenters. The number of morpholine rings is 1. The van der Waals surface area contributed by atoms with Gasteiger partial charge in [-0.2, -0.15) is 0 Å². The first-order chi connectivity index (χ1) is 17.1. The second-order valence-corrected chi connectivity index (χ2v) is 9.18. The van der Waals surface area contributed by atoms with Gasteiger partial charge in [-0.05, 0) is 36.5 Å². The van der Waals surface area contributed by atoms with E-state index in [4.69, 9.17) is 22.1 Å². The van der Waals surface area contributed by atoms with Gasteiger partial charge in [-0.1, -0.05) is 30.3 Å². The molecule has 0 radical (unpaired) electrons. The lowest BCUT2D eigenvalue weighted by atomic mass is 10.2. The Morgan fingerprint density at radius 3 is 2.29 bits per heavy atom. The molecule has 2 saturated heterocycles. The molecule has 8 nitrogen and oxygen atoms in total. The maximum atomic E-state index is 13.6. The minimum atomic E-state index is -0.296. The van der Waals surface area contributed by atoms with Crippen LogP contribution in [0.3, 0.4) is 0 Å². The lowest BCUT2D eigenvalue weighted by Gasteiger charge is -2.36. The molecule has 1 aromatic heterocycles. The van der Waals surface area contributed by atoms with E-state index in [2.05, 4.69) is 9.80 Å². The molecule has 2 aliphatic heterocycles. The van der Waals surface area contributed by atoms with Gasteiger partial charge in [0.1, 0.15) is 5.82 Å². The molecule has 184 valence electrons. The Kier molecular flexibility index (Phi) is 7.33. The molecular formula is C25H29FN6O2S. The van der Waals surface area contributed by atoms with Crippen molar-refractivity contribution in [3.63, 3.8) is 0 Å². The Hall–Kier alpha value is -2.92. The van der Waals surface area contributed by atoms with E-state index in [1.165, 1.54) is 12.1 Å². The molecule has 0 aliphatic carbocycles. The van der Waals surface area contributed by atoms with Crippen molar-refractivity contribution in [1.82, 2.24) is 29.0 Å². The fraction of sp³-hybridized carbons (Fsp3) is 0.400. The first-order valence-electron chi connectivity index (χ1n) is 11.9. The number of ether oxygens (including phenoxy) is 1. The Bertz CT molecular complexity index is 1200. The number of amides is 1. The van der Waals surface area contributed by atoms with Crippen LogP contribution in [-0.4, -0.2) is 94.0 Å². The summed E-state index contributed by atoms with van der Waals surface area (Å²) in [6.07, 6.45) is 0. The maximum Gasteiger partial charge on any atom is 0.236 e. The smallest absolute Gasteiger partial charge is 0.236 e. The molecule has 3 heterocycles. The van der Waals surface area contributed by atoms with Gasteiger partial charge in [0.15, 0.2) is 5.82 Å². The molecule has 0 spiro atoms. The molecule has 2 fully saturated rings. The number of rotatable bonds is 6. The lowest BCUT2D eigenvalue weighted by molar-refractivity contribution is -0.135. The first kappa shape index (κ1) is 23.8. The molecule has 1 amide bonds. The summed E-state index contributed by atoms with van der Waals surface area (Å²) in [6, 6.07) is 16.1. The van der Waals surface area contributed by atoms with Crippen LogP contribution in [0.2, 0.25) is 0 Å². The van der Waals surface area contributed by atoms with Crippen LogP contribution < -0.4 is 0 Å². The standard InChI is InChI=1S/C25H29FN6O2S/c26-21-6-8-22(9-7-21)32-24(20-4-2-1-3-5-20)27-31(25(32)35)19-29-10-12-30(13-11-29)23(33)18-28-14-16-34-17-15-28/h1-9H,10-19H2. The molecular weight excluding hydrogens is 467 g/mol. The third kappa shape index (κ3) is 5.51. The van der Waals surface area contributed by atoms with E-state index in [-0.39, 0.29) is 11.7 Å². The van der Waals surface area contributed by atoms with Crippen molar-refractivity contribution in [2.45, 2.75) is 6.67 Å². The van der Waals surface area contributed by atoms with Gasteiger partial charge in [-0.15, -0.1) is 5.10 Å². The summed E-state index contributed by atoms with van der Waals surface area (Å²) >= 11 is 5.81. The van der Waals surface area contributed by atoms with E-state index in [0.717, 1.165) is 37.4 Å². The largest absolute Gasteiger partial charge is 0.379 e. The third-order valence-corrected chi connectivity index (χ3v) is 6.87. The summed E-state index contributed by atoms with van der Waals surface area (Å²) in [5.74, 6) is 0.589. The molecule has 5 rings (SSSR count). The number of nitrogens with zero attached hydrogens (tertiary/aromatic N) is 6. The van der Waals surface area contributed by atoms with Gasteiger partial charge in [0, 0.05) is 44.8 Å². The van der Waals surface area contributed by atoms with Crippen LogP contribution in [0.4, 0.5) is 4.39 Å². The van der Waals surface area contributed by atoms with E-state index in [1.807, 2.05) is 44.5 Å². The van der Waals surface area contributed by atoms with Gasteiger partial charge in [0.05, 0.1) is 32.1 Å². The SMILES string of the molecule is O=C(CN1CCOCC1)N1CCN(Cn2nc(-c3ccccc3)n(-c3ccc(F)cc3)c2=S)CC1. The zero-order valence-corrected chi connectivity index (χ0v) is 20.4. The van der Waals surface area contributed by atoms with Crippen LogP contribution in [0.25, 0.3) is 17.1 Å². The summed E-state index contributed by atoms with van der Waals surface area (Å²) < 4.78 is 23.2. The van der Waals surface area contributed by atoms with Gasteiger partial charge < -0.3 is 9.64 Å². The number of aromatic nitrogens is 3. The van der Waals surface area contributed by atoms with Crippen molar-refractivity contribution in [2.24, 2.45) is 0 Å². The fourth-order valence-corrected chi connectivity index (χ4v) is 4.77. The van der Waals surface area contributed by atoms with E-state index in [0.29, 0.717) is 50.1 Å². The minimum absolute atomic E-state index is 0.176. The van der Waals surface area contributed by atoms with Crippen molar-refractivity contribution in [3.05, 3.63) is 65.2 Å². The molecule has 0 saturated carbocycles. The maximum absolute atomic E-state index is 13.6. The highest BCUT2D eigenvalue weighted by Crippen LogP contribution is 2.23. The normalized spacial score (nSPS) is 17.6. The van der Waals surface area contributed by atoms with Gasteiger partial charge in [0.2, 0.25) is 10.7 Å². The monoisotopic (exact) mass is 496 g/mol. The fourth-order valence-electron chi connectivity index (χ4n) is 4.48. The van der Waals surface area contributed by atoms with E-state index in [9.17, 15) is 9.18 Å². The van der Waals surface area contributed by atoms with Gasteiger partial charge in [-0.3, -0.25) is 19.2 Å². The number of hydrogen-bond donors (Lipinski definition) is 0. The molecule has 10 heteroatoms. The second-order valence-electron chi connectivity index (χ2n) is 8.81. The number of carbonyl (C=O) groups is 1. The molecule has 0 unspecified atom stereocenters. The number of carbonyl (C=O) groups excluding carboxylic acids is 1. The Morgan fingerprint density at radius 1 is 0.914 bits per heavy atom. The highest BCUT2D eigenvalue weighted by molar-refractivity contribution is 7.71. The quantitative estimate of drug-likeness (QED) is 0.489. The minimum Gasteiger partial charge on any atom is -0.379 e. The zero-order chi connectivity index (χ0) is 24.2. The average Bonchev–Trinajstić information content (AvgIpc) is 3.22. The van der Waals surface area contributed by atoms with Gasteiger partial charge in [0.25, 0.3) is 0 Å². The topological polar surface area (TPSA) is 58.8 Å². The van der Waals surface area contributed by atoms with Crippen LogP contribution in [0.5, 0.6) is 0 Å². The zero-order valence-electron chi connectivity index (χ0n) is 19.6. The Labute approximate surface area is 209 Å². The molecule has 2 aromatic carbocycles. The van der Waals surface area contributed by atoms with Crippen molar-refractivity contribution >= 4 is 18.1 Å². The van der Waals surface area contributed by atoms with Crippen LogP contribution in [0.15, 0.2) is 54.6 Å². The highest BCUT2D eigenvalue weighted by Gasteiger charge is 2.24. The van der Waals surface area contributed by atoms with E-state index < -0.39 is 0 Å². The number of halogens is 1. The lowest BCUT2D eigenvalue weighted by Crippen LogP contribution is -2.52. The van der Waals surface area contributed by atoms with Crippen LogP contribution in [-0.2, 0) is 16.2 Å². The Balaban J connectivity index is 1.30. The van der Waals surface area contributed by atoms with Crippen molar-refractivity contribution in [2.75, 3.05) is 59.0 Å². The Morgan fingerprint density at radius 2 is 1.60 bits per heavy atom. The number of hydrogen-bond acceptors (Lipinski definition) is 6. The predicted octanol–water partition coefficient (Wildman–Crippen LogP) is 2.64. The first-order valence-corrected chi connectivity index (χ1v) is 12.3. The van der Waals surface area contributed by atoms with Gasteiger partial charge >= 0.3 is 0 Å². The molecule has 0 bridgehead atoms. The van der Waals surface area contributed by atoms with Crippen molar-refractivity contribution < 1.29 is 13.9 Å². The van der Waals surface area contributed by atoms with Crippen LogP contribution in [0, 0.1) is 10.6 Å². The summed E-state index contributed by atoms with van der Waals surface area (Å²) in [5.41, 5.74) is 1.69. The van der Waals surface area contributed by atoms with Crippen LogP contribution >= 0.6 is 12.2 Å². The predicted molar refractivity (Wildman–Crippen MR) is 133 cm³/mol. The van der Waals surface area contributed by atoms with Crippen molar-refractivity contribution in [3.8, 4) is 17.1 Å². The van der Waals surface area contributed by atoms with Gasteiger partial charge in [-0.25, -0.2) is 9.07 Å². The average molecular weight is 497 g/mol. The molecule has 2 aliphatic rings. The third-order valence-electron chi connectivity index (χ3n) is 6.48. The summed E-state index contributed by atoms with van der Waals surface area (Å²) in [4.78, 5) is 19.1. The number of piperazine rings is 1. The molecule has 35 heavy (non-hydrogen) atoms. The molecule has 3 aromatic rings. The van der Waals surface area contributed by atoms with E-state index in [1.54, 1.807) is 12.1 Å². The molecule has 0 N–H and O–H groups in total. The second kappa shape index (κ2) is 10.8. The van der Waals surface area contributed by atoms with Crippen molar-refractivity contribution in [1.29, 1.82) is 0 Å². The summed E-state index contributed by atoms with van der Waals surface area (Å²) in [6.45, 7) is 6.85. The highest BCUT2D eigenvalue weighted by atomic mass is 32.1. The summed E-state index contributed by atoms with van der Waals surface area (Å²) in [5, 5.41) is 4.85. The summed E-state index contributed by atoms with van der Waals surface area (Å²) in [7, 11) is 0. The number of benzene rings is 2.